The maximum atomic E-state index is 11.4. The number of rotatable bonds is 3. The van der Waals surface area contributed by atoms with E-state index in [-0.39, 0.29) is 5.17 Å². The van der Waals surface area contributed by atoms with Gasteiger partial charge in [0.05, 0.1) is 5.69 Å². The van der Waals surface area contributed by atoms with E-state index in [1.807, 2.05) is 6.92 Å². The van der Waals surface area contributed by atoms with E-state index in [0.29, 0.717) is 11.4 Å². The summed E-state index contributed by atoms with van der Waals surface area (Å²) in [6, 6.07) is 0. The lowest BCUT2D eigenvalue weighted by Gasteiger charge is -1.98. The van der Waals surface area contributed by atoms with E-state index in [1.54, 1.807) is 6.92 Å². The van der Waals surface area contributed by atoms with Crippen LogP contribution in [-0.2, 0) is 11.2 Å². The fraction of sp³-hybridized carbons (Fsp3) is 0.444. The highest BCUT2D eigenvalue weighted by atomic mass is 32.1. The predicted octanol–water partition coefficient (Wildman–Crippen LogP) is 1.07. The van der Waals surface area contributed by atoms with Crippen LogP contribution < -0.4 is 5.73 Å². The van der Waals surface area contributed by atoms with Crippen molar-refractivity contribution in [3.05, 3.63) is 17.2 Å². The maximum absolute atomic E-state index is 11.4. The highest BCUT2D eigenvalue weighted by molar-refractivity contribution is 7.80. The van der Waals surface area contributed by atoms with Crippen LogP contribution in [0.3, 0.4) is 0 Å². The van der Waals surface area contributed by atoms with Gasteiger partial charge in [-0.15, -0.1) is 0 Å². The van der Waals surface area contributed by atoms with Gasteiger partial charge in [-0.05, 0) is 25.6 Å². The summed E-state index contributed by atoms with van der Waals surface area (Å²) in [5, 5.41) is -0.286. The number of nitrogens with one attached hydrogen (secondary N) is 1. The van der Waals surface area contributed by atoms with Gasteiger partial charge >= 0.3 is 5.97 Å². The summed E-state index contributed by atoms with van der Waals surface area (Å²) in [6.45, 7) is 3.76. The molecule has 15 heavy (non-hydrogen) atoms. The molecule has 1 heterocycles. The minimum atomic E-state index is -0.588. The minimum Gasteiger partial charge on any atom is -0.395 e. The van der Waals surface area contributed by atoms with E-state index in [4.69, 9.17) is 5.73 Å². The molecule has 0 aliphatic carbocycles. The standard InChI is InChI=1S/C9H13N3O2S/c1-3-4-6-11-5(2)7(12-6)8(13)14-9(10)15/h3-4H2,1-2H3,(H2,10,15)(H,11,12). The molecule has 0 saturated heterocycles. The Kier molecular flexibility index (Phi) is 3.79. The van der Waals surface area contributed by atoms with E-state index in [0.717, 1.165) is 18.7 Å². The Balaban J connectivity index is 2.84. The number of esters is 1. The van der Waals surface area contributed by atoms with Crippen LogP contribution in [0.25, 0.3) is 0 Å². The second-order valence-electron chi connectivity index (χ2n) is 3.10. The number of aryl methyl sites for hydroxylation is 2. The summed E-state index contributed by atoms with van der Waals surface area (Å²) in [6.07, 6.45) is 1.75. The quantitative estimate of drug-likeness (QED) is 0.596. The summed E-state index contributed by atoms with van der Waals surface area (Å²) in [4.78, 5) is 18.5. The third kappa shape index (κ3) is 3.02. The van der Waals surface area contributed by atoms with Crippen molar-refractivity contribution in [3.63, 3.8) is 0 Å². The molecule has 3 N–H and O–H groups in total. The zero-order valence-electron chi connectivity index (χ0n) is 8.66. The van der Waals surface area contributed by atoms with Crippen LogP contribution in [-0.4, -0.2) is 21.1 Å². The molecule has 0 atom stereocenters. The highest BCUT2D eigenvalue weighted by Gasteiger charge is 2.16. The number of nitrogens with zero attached hydrogens (tertiary/aromatic N) is 1. The first-order chi connectivity index (χ1) is 7.04. The number of carbonyl (C=O) groups is 1. The smallest absolute Gasteiger partial charge is 0.363 e. The Hall–Kier alpha value is -1.43. The first-order valence-electron chi connectivity index (χ1n) is 4.61. The summed E-state index contributed by atoms with van der Waals surface area (Å²) in [5.74, 6) is 0.180. The normalized spacial score (nSPS) is 10.0. The SMILES string of the molecule is CCCc1nc(C)c(C(=O)OC(N)=S)[nH]1. The number of ether oxygens (including phenoxy) is 1. The van der Waals surface area contributed by atoms with E-state index in [1.165, 1.54) is 0 Å². The van der Waals surface area contributed by atoms with Crippen molar-refractivity contribution < 1.29 is 9.53 Å². The summed E-state index contributed by atoms with van der Waals surface area (Å²) in [7, 11) is 0. The third-order valence-corrected chi connectivity index (χ3v) is 1.90. The van der Waals surface area contributed by atoms with Gasteiger partial charge in [-0.2, -0.15) is 0 Å². The molecule has 0 aliphatic heterocycles. The highest BCUT2D eigenvalue weighted by Crippen LogP contribution is 2.08. The van der Waals surface area contributed by atoms with Gasteiger partial charge in [0, 0.05) is 6.42 Å². The summed E-state index contributed by atoms with van der Waals surface area (Å²) in [5.41, 5.74) is 6.01. The number of nitrogens with two attached hydrogens (primary N) is 1. The van der Waals surface area contributed by atoms with Crippen LogP contribution in [0.15, 0.2) is 0 Å². The van der Waals surface area contributed by atoms with Crippen LogP contribution in [0.2, 0.25) is 0 Å². The number of imidazole rings is 1. The molecule has 0 aliphatic rings. The Morgan fingerprint density at radius 1 is 1.67 bits per heavy atom. The molecule has 1 aromatic heterocycles. The largest absolute Gasteiger partial charge is 0.395 e. The number of aromatic nitrogens is 2. The third-order valence-electron chi connectivity index (χ3n) is 1.82. The molecule has 6 heteroatoms. The Morgan fingerprint density at radius 2 is 2.33 bits per heavy atom. The number of hydrogen-bond donors (Lipinski definition) is 2. The first-order valence-corrected chi connectivity index (χ1v) is 5.02. The van der Waals surface area contributed by atoms with Gasteiger partial charge < -0.3 is 15.5 Å². The van der Waals surface area contributed by atoms with Crippen LogP contribution in [0.1, 0.15) is 35.4 Å². The molecular weight excluding hydrogens is 214 g/mol. The molecule has 0 fully saturated rings. The Morgan fingerprint density at radius 3 is 2.87 bits per heavy atom. The molecule has 1 aromatic rings. The average Bonchev–Trinajstić information content (AvgIpc) is 2.46. The van der Waals surface area contributed by atoms with E-state index in [9.17, 15) is 4.79 Å². The van der Waals surface area contributed by atoms with E-state index < -0.39 is 5.97 Å². The number of carbonyl (C=O) groups excluding carboxylic acids is 1. The lowest BCUT2D eigenvalue weighted by Crippen LogP contribution is -2.19. The molecule has 0 saturated carbocycles. The van der Waals surface area contributed by atoms with Gasteiger partial charge in [0.15, 0.2) is 0 Å². The molecular formula is C9H13N3O2S. The van der Waals surface area contributed by atoms with Crippen molar-refractivity contribution in [1.82, 2.24) is 9.97 Å². The van der Waals surface area contributed by atoms with Crippen molar-refractivity contribution in [1.29, 1.82) is 0 Å². The van der Waals surface area contributed by atoms with Crippen molar-refractivity contribution in [2.24, 2.45) is 5.73 Å². The zero-order chi connectivity index (χ0) is 11.4. The van der Waals surface area contributed by atoms with E-state index >= 15 is 0 Å². The van der Waals surface area contributed by atoms with Crippen LogP contribution in [0.4, 0.5) is 0 Å². The first kappa shape index (κ1) is 11.6. The summed E-state index contributed by atoms with van der Waals surface area (Å²) >= 11 is 4.47. The molecule has 0 spiro atoms. The molecule has 5 nitrogen and oxygen atoms in total. The second-order valence-corrected chi connectivity index (χ2v) is 3.50. The van der Waals surface area contributed by atoms with Crippen molar-refractivity contribution in [2.45, 2.75) is 26.7 Å². The Labute approximate surface area is 93.0 Å². The molecule has 82 valence electrons. The monoisotopic (exact) mass is 227 g/mol. The van der Waals surface area contributed by atoms with Gasteiger partial charge in [0.25, 0.3) is 5.17 Å². The van der Waals surface area contributed by atoms with Gasteiger partial charge in [0.2, 0.25) is 0 Å². The van der Waals surface area contributed by atoms with Crippen molar-refractivity contribution in [2.75, 3.05) is 0 Å². The molecule has 0 radical (unpaired) electrons. The number of H-pyrrole nitrogens is 1. The molecule has 0 bridgehead atoms. The second kappa shape index (κ2) is 4.88. The number of hydrogen-bond acceptors (Lipinski definition) is 4. The molecule has 0 unspecified atom stereocenters. The lowest BCUT2D eigenvalue weighted by atomic mass is 10.3. The maximum Gasteiger partial charge on any atom is 0.363 e. The molecule has 0 amide bonds. The number of aromatic amines is 1. The summed E-state index contributed by atoms with van der Waals surface area (Å²) < 4.78 is 4.61. The van der Waals surface area contributed by atoms with Gasteiger partial charge in [0.1, 0.15) is 11.5 Å². The Bertz CT molecular complexity index is 387. The van der Waals surface area contributed by atoms with Crippen LogP contribution in [0.5, 0.6) is 0 Å². The minimum absolute atomic E-state index is 0.286. The zero-order valence-corrected chi connectivity index (χ0v) is 9.48. The molecule has 1 rings (SSSR count). The molecule has 0 aromatic carbocycles. The van der Waals surface area contributed by atoms with Crippen LogP contribution >= 0.6 is 12.2 Å². The fourth-order valence-corrected chi connectivity index (χ4v) is 1.29. The van der Waals surface area contributed by atoms with Crippen molar-refractivity contribution >= 4 is 23.4 Å². The lowest BCUT2D eigenvalue weighted by molar-refractivity contribution is 0.0713. The topological polar surface area (TPSA) is 81.0 Å². The van der Waals surface area contributed by atoms with Gasteiger partial charge in [-0.3, -0.25) is 0 Å². The van der Waals surface area contributed by atoms with Gasteiger partial charge in [-0.1, -0.05) is 6.92 Å². The van der Waals surface area contributed by atoms with Gasteiger partial charge in [-0.25, -0.2) is 9.78 Å². The predicted molar refractivity (Wildman–Crippen MR) is 59.5 cm³/mol. The number of thiocarbonyl (C=S) groups is 1. The van der Waals surface area contributed by atoms with Crippen LogP contribution in [0, 0.1) is 6.92 Å². The van der Waals surface area contributed by atoms with E-state index in [2.05, 4.69) is 26.9 Å². The average molecular weight is 227 g/mol. The van der Waals surface area contributed by atoms with Crippen molar-refractivity contribution in [3.8, 4) is 0 Å². The fourth-order valence-electron chi connectivity index (χ4n) is 1.22.